The van der Waals surface area contributed by atoms with E-state index in [9.17, 15) is 29.4 Å². The van der Waals surface area contributed by atoms with Crippen LogP contribution in [0.15, 0.2) is 24.3 Å². The summed E-state index contributed by atoms with van der Waals surface area (Å²) in [5.41, 5.74) is 0. The number of carboxylic acids is 1. The molecule has 1 aliphatic carbocycles. The van der Waals surface area contributed by atoms with Crippen LogP contribution < -0.4 is 5.32 Å². The van der Waals surface area contributed by atoms with Gasteiger partial charge < -0.3 is 20.6 Å². The maximum Gasteiger partial charge on any atom is 0.303 e. The molecule has 1 aliphatic heterocycles. The van der Waals surface area contributed by atoms with Crippen molar-refractivity contribution in [3.05, 3.63) is 24.3 Å². The standard InChI is InChI=1S/C22H29N3O7/c26-17-9-10-18(27)24(17)13-14-5-7-15(8-6-14)22(32)23-16(3-1-2-4-21(30)31)25-19(28)11-12-20(25)29/h9-12,14-16,28-29H,1-8,13H2,(H,23,32)(H,30,31). The van der Waals surface area contributed by atoms with Crippen molar-refractivity contribution in [1.82, 2.24) is 14.8 Å². The molecule has 1 atom stereocenters. The highest BCUT2D eigenvalue weighted by atomic mass is 16.4. The van der Waals surface area contributed by atoms with Gasteiger partial charge in [-0.1, -0.05) is 0 Å². The van der Waals surface area contributed by atoms with E-state index in [1.807, 2.05) is 0 Å². The number of amides is 3. The van der Waals surface area contributed by atoms with Crippen molar-refractivity contribution in [2.24, 2.45) is 11.8 Å². The number of nitrogens with zero attached hydrogens (tertiary/aromatic N) is 2. The summed E-state index contributed by atoms with van der Waals surface area (Å²) in [7, 11) is 0. The molecule has 1 aromatic rings. The van der Waals surface area contributed by atoms with Crippen LogP contribution in [0.1, 0.15) is 57.5 Å². The van der Waals surface area contributed by atoms with Gasteiger partial charge in [-0.25, -0.2) is 0 Å². The van der Waals surface area contributed by atoms with Crippen LogP contribution in [-0.4, -0.2) is 55.0 Å². The fourth-order valence-corrected chi connectivity index (χ4v) is 4.38. The lowest BCUT2D eigenvalue weighted by molar-refractivity contribution is -0.138. The van der Waals surface area contributed by atoms with E-state index in [-0.39, 0.29) is 47.7 Å². The van der Waals surface area contributed by atoms with E-state index in [1.165, 1.54) is 33.8 Å². The van der Waals surface area contributed by atoms with Gasteiger partial charge in [0.15, 0.2) is 11.8 Å². The molecule has 0 radical (unpaired) electrons. The summed E-state index contributed by atoms with van der Waals surface area (Å²) in [4.78, 5) is 48.4. The maximum absolute atomic E-state index is 12.9. The Morgan fingerprint density at radius 1 is 1.00 bits per heavy atom. The van der Waals surface area contributed by atoms with Crippen LogP contribution in [0, 0.1) is 11.8 Å². The Labute approximate surface area is 185 Å². The summed E-state index contributed by atoms with van der Waals surface area (Å²) in [6, 6.07) is 2.65. The number of carbonyl (C=O) groups is 4. The molecule has 10 nitrogen and oxygen atoms in total. The van der Waals surface area contributed by atoms with Crippen LogP contribution in [0.2, 0.25) is 0 Å². The predicted molar refractivity (Wildman–Crippen MR) is 112 cm³/mol. The van der Waals surface area contributed by atoms with Crippen LogP contribution in [0.3, 0.4) is 0 Å². The van der Waals surface area contributed by atoms with Gasteiger partial charge in [0, 0.05) is 43.2 Å². The fourth-order valence-electron chi connectivity index (χ4n) is 4.38. The van der Waals surface area contributed by atoms with Crippen molar-refractivity contribution in [3.63, 3.8) is 0 Å². The molecule has 2 aliphatic rings. The molecule has 1 fully saturated rings. The summed E-state index contributed by atoms with van der Waals surface area (Å²) >= 11 is 0. The Morgan fingerprint density at radius 2 is 1.59 bits per heavy atom. The molecule has 0 spiro atoms. The van der Waals surface area contributed by atoms with Gasteiger partial charge in [0.05, 0.1) is 0 Å². The van der Waals surface area contributed by atoms with E-state index in [0.717, 1.165) is 0 Å². The molecule has 32 heavy (non-hydrogen) atoms. The fraction of sp³-hybridized carbons (Fsp3) is 0.545. The third kappa shape index (κ3) is 5.68. The number of carboxylic acid groups (broad SMARTS) is 1. The summed E-state index contributed by atoms with van der Waals surface area (Å²) in [6.07, 6.45) is 5.74. The van der Waals surface area contributed by atoms with Gasteiger partial charge in [-0.05, 0) is 50.9 Å². The Bertz CT molecular complexity index is 862. The van der Waals surface area contributed by atoms with E-state index in [1.54, 1.807) is 0 Å². The van der Waals surface area contributed by atoms with Crippen molar-refractivity contribution in [3.8, 4) is 11.8 Å². The highest BCUT2D eigenvalue weighted by Crippen LogP contribution is 2.32. The van der Waals surface area contributed by atoms with Crippen molar-refractivity contribution in [2.45, 2.75) is 57.5 Å². The number of hydrogen-bond donors (Lipinski definition) is 4. The van der Waals surface area contributed by atoms with Gasteiger partial charge in [0.2, 0.25) is 5.91 Å². The van der Waals surface area contributed by atoms with E-state index in [4.69, 9.17) is 5.11 Å². The lowest BCUT2D eigenvalue weighted by Gasteiger charge is -2.31. The topological polar surface area (TPSA) is 149 Å². The Kier molecular flexibility index (Phi) is 7.55. The zero-order chi connectivity index (χ0) is 23.3. The van der Waals surface area contributed by atoms with Crippen LogP contribution in [0.25, 0.3) is 0 Å². The van der Waals surface area contributed by atoms with Crippen LogP contribution >= 0.6 is 0 Å². The molecule has 0 saturated heterocycles. The molecule has 10 heteroatoms. The number of unbranched alkanes of at least 4 members (excludes halogenated alkanes) is 1. The van der Waals surface area contributed by atoms with E-state index < -0.39 is 12.1 Å². The number of hydrogen-bond acceptors (Lipinski definition) is 6. The number of aliphatic carboxylic acids is 1. The monoisotopic (exact) mass is 447 g/mol. The molecule has 0 bridgehead atoms. The number of aromatic hydroxyl groups is 2. The lowest BCUT2D eigenvalue weighted by Crippen LogP contribution is -2.40. The summed E-state index contributed by atoms with van der Waals surface area (Å²) in [6.45, 7) is 0.357. The molecular formula is C22H29N3O7. The molecule has 1 aromatic heterocycles. The predicted octanol–water partition coefficient (Wildman–Crippen LogP) is 1.89. The second-order valence-electron chi connectivity index (χ2n) is 8.42. The lowest BCUT2D eigenvalue weighted by atomic mass is 9.81. The smallest absolute Gasteiger partial charge is 0.303 e. The average Bonchev–Trinajstić information content (AvgIpc) is 3.26. The largest absolute Gasteiger partial charge is 0.494 e. The molecule has 0 aromatic carbocycles. The molecule has 174 valence electrons. The van der Waals surface area contributed by atoms with Crippen LogP contribution in [-0.2, 0) is 19.2 Å². The third-order valence-electron chi connectivity index (χ3n) is 6.17. The van der Waals surface area contributed by atoms with Gasteiger partial charge >= 0.3 is 5.97 Å². The quantitative estimate of drug-likeness (QED) is 0.316. The number of nitrogens with one attached hydrogen (secondary N) is 1. The first kappa shape index (κ1) is 23.4. The zero-order valence-electron chi connectivity index (χ0n) is 17.8. The van der Waals surface area contributed by atoms with Gasteiger partial charge in [0.25, 0.3) is 11.8 Å². The second-order valence-corrected chi connectivity index (χ2v) is 8.42. The van der Waals surface area contributed by atoms with Crippen LogP contribution in [0.4, 0.5) is 0 Å². The van der Waals surface area contributed by atoms with Gasteiger partial charge in [-0.2, -0.15) is 0 Å². The average molecular weight is 447 g/mol. The van der Waals surface area contributed by atoms with Crippen LogP contribution in [0.5, 0.6) is 11.8 Å². The molecule has 1 saturated carbocycles. The number of aromatic nitrogens is 1. The first-order valence-corrected chi connectivity index (χ1v) is 10.9. The first-order valence-electron chi connectivity index (χ1n) is 10.9. The van der Waals surface area contributed by atoms with Crippen molar-refractivity contribution in [2.75, 3.05) is 6.54 Å². The molecule has 4 N–H and O–H groups in total. The minimum absolute atomic E-state index is 0.00582. The second kappa shape index (κ2) is 10.3. The number of imide groups is 1. The van der Waals surface area contributed by atoms with Crippen molar-refractivity contribution in [1.29, 1.82) is 0 Å². The SMILES string of the molecule is O=C(O)CCCCC(NC(=O)C1CCC(CN2C(=O)C=CC2=O)CC1)n1c(O)ccc1O. The normalized spacial score (nSPS) is 21.7. The Morgan fingerprint density at radius 3 is 2.16 bits per heavy atom. The third-order valence-corrected chi connectivity index (χ3v) is 6.17. The minimum Gasteiger partial charge on any atom is -0.494 e. The molecule has 3 rings (SSSR count). The highest BCUT2D eigenvalue weighted by molar-refractivity contribution is 6.12. The molecular weight excluding hydrogens is 418 g/mol. The van der Waals surface area contributed by atoms with Crippen molar-refractivity contribution < 1.29 is 34.5 Å². The van der Waals surface area contributed by atoms with Gasteiger partial charge in [0.1, 0.15) is 6.17 Å². The number of rotatable bonds is 10. The maximum atomic E-state index is 12.9. The molecule has 3 amide bonds. The number of carbonyl (C=O) groups excluding carboxylic acids is 3. The van der Waals surface area contributed by atoms with Crippen molar-refractivity contribution >= 4 is 23.7 Å². The Hall–Kier alpha value is -3.30. The summed E-state index contributed by atoms with van der Waals surface area (Å²) < 4.78 is 1.22. The first-order chi connectivity index (χ1) is 15.3. The van der Waals surface area contributed by atoms with Gasteiger partial charge in [-0.15, -0.1) is 0 Å². The van der Waals surface area contributed by atoms with E-state index in [2.05, 4.69) is 5.32 Å². The minimum atomic E-state index is -0.901. The highest BCUT2D eigenvalue weighted by Gasteiger charge is 2.32. The molecule has 2 heterocycles. The van der Waals surface area contributed by atoms with E-state index >= 15 is 0 Å². The summed E-state index contributed by atoms with van der Waals surface area (Å²) in [5, 5.41) is 31.8. The van der Waals surface area contributed by atoms with E-state index in [0.29, 0.717) is 51.5 Å². The summed E-state index contributed by atoms with van der Waals surface area (Å²) in [5.74, 6) is -2.19. The van der Waals surface area contributed by atoms with Gasteiger partial charge in [-0.3, -0.25) is 28.6 Å². The molecule has 1 unspecified atom stereocenters. The Balaban J connectivity index is 1.54. The zero-order valence-corrected chi connectivity index (χ0v) is 17.8.